The maximum Gasteiger partial charge on any atom is 0.308 e. The van der Waals surface area contributed by atoms with Crippen molar-refractivity contribution in [3.63, 3.8) is 0 Å². The minimum absolute atomic E-state index is 0.0508. The fourth-order valence-corrected chi connectivity index (χ4v) is 2.95. The first-order valence-corrected chi connectivity index (χ1v) is 8.89. The molecule has 0 unspecified atom stereocenters. The summed E-state index contributed by atoms with van der Waals surface area (Å²) in [5.41, 5.74) is 0. The van der Waals surface area contributed by atoms with Crippen molar-refractivity contribution in [3.8, 4) is 0 Å². The quantitative estimate of drug-likeness (QED) is 0.513. The standard InChI is InChI=1S/C18H35NO2/c1-14(2)7-5-6-12-21-18(20)17-10-8-16(9-11-17)13-19-15(3)4/h14-17,19H,5-13H2,1-4H3/t16-,17-. The predicted molar refractivity (Wildman–Crippen MR) is 88.2 cm³/mol. The lowest BCUT2D eigenvalue weighted by Gasteiger charge is -2.28. The van der Waals surface area contributed by atoms with Crippen molar-refractivity contribution < 1.29 is 9.53 Å². The summed E-state index contributed by atoms with van der Waals surface area (Å²) in [4.78, 5) is 12.0. The van der Waals surface area contributed by atoms with Gasteiger partial charge in [0.05, 0.1) is 12.5 Å². The first-order chi connectivity index (χ1) is 9.99. The van der Waals surface area contributed by atoms with Gasteiger partial charge in [-0.2, -0.15) is 0 Å². The van der Waals surface area contributed by atoms with Crippen LogP contribution in [0.4, 0.5) is 0 Å². The van der Waals surface area contributed by atoms with E-state index in [-0.39, 0.29) is 11.9 Å². The van der Waals surface area contributed by atoms with Crippen molar-refractivity contribution in [1.82, 2.24) is 5.32 Å². The van der Waals surface area contributed by atoms with E-state index in [1.807, 2.05) is 0 Å². The minimum Gasteiger partial charge on any atom is -0.465 e. The highest BCUT2D eigenvalue weighted by Crippen LogP contribution is 2.29. The number of carbonyl (C=O) groups is 1. The van der Waals surface area contributed by atoms with Crippen LogP contribution in [-0.2, 0) is 9.53 Å². The van der Waals surface area contributed by atoms with Gasteiger partial charge in [0.15, 0.2) is 0 Å². The van der Waals surface area contributed by atoms with Crippen molar-refractivity contribution in [3.05, 3.63) is 0 Å². The number of hydrogen-bond acceptors (Lipinski definition) is 3. The van der Waals surface area contributed by atoms with Crippen LogP contribution in [-0.4, -0.2) is 25.2 Å². The molecule has 21 heavy (non-hydrogen) atoms. The lowest BCUT2D eigenvalue weighted by molar-refractivity contribution is -0.150. The molecular formula is C18H35NO2. The Balaban J connectivity index is 2.08. The van der Waals surface area contributed by atoms with Gasteiger partial charge < -0.3 is 10.1 Å². The molecule has 0 spiro atoms. The Hall–Kier alpha value is -0.570. The van der Waals surface area contributed by atoms with Crippen LogP contribution < -0.4 is 5.32 Å². The SMILES string of the molecule is CC(C)CCCCOC(=O)[C@H]1CC[C@H](CNC(C)C)CC1. The van der Waals surface area contributed by atoms with Gasteiger partial charge >= 0.3 is 5.97 Å². The van der Waals surface area contributed by atoms with Gasteiger partial charge in [-0.3, -0.25) is 4.79 Å². The van der Waals surface area contributed by atoms with E-state index >= 15 is 0 Å². The largest absolute Gasteiger partial charge is 0.465 e. The zero-order chi connectivity index (χ0) is 15.7. The first-order valence-electron chi connectivity index (χ1n) is 8.89. The molecule has 3 heteroatoms. The van der Waals surface area contributed by atoms with Gasteiger partial charge in [0, 0.05) is 6.04 Å². The van der Waals surface area contributed by atoms with Gasteiger partial charge in [0.1, 0.15) is 0 Å². The number of ether oxygens (including phenoxy) is 1. The van der Waals surface area contributed by atoms with E-state index in [1.165, 1.54) is 12.8 Å². The molecule has 0 heterocycles. The molecule has 0 amide bonds. The molecular weight excluding hydrogens is 262 g/mol. The Morgan fingerprint density at radius 2 is 1.76 bits per heavy atom. The third-order valence-electron chi connectivity index (χ3n) is 4.41. The van der Waals surface area contributed by atoms with Crippen LogP contribution in [0.15, 0.2) is 0 Å². The maximum absolute atomic E-state index is 12.0. The van der Waals surface area contributed by atoms with Gasteiger partial charge in [0.2, 0.25) is 0 Å². The fourth-order valence-electron chi connectivity index (χ4n) is 2.95. The van der Waals surface area contributed by atoms with Crippen LogP contribution in [0.1, 0.15) is 72.6 Å². The van der Waals surface area contributed by atoms with E-state index in [4.69, 9.17) is 4.74 Å². The Morgan fingerprint density at radius 3 is 2.33 bits per heavy atom. The normalized spacial score (nSPS) is 22.8. The molecule has 0 atom stereocenters. The first kappa shape index (κ1) is 18.5. The van der Waals surface area contributed by atoms with Crippen molar-refractivity contribution >= 4 is 5.97 Å². The van der Waals surface area contributed by atoms with Gasteiger partial charge in [-0.05, 0) is 56.9 Å². The summed E-state index contributed by atoms with van der Waals surface area (Å²) in [6.07, 6.45) is 7.74. The van der Waals surface area contributed by atoms with Gasteiger partial charge in [-0.1, -0.05) is 34.1 Å². The monoisotopic (exact) mass is 297 g/mol. The molecule has 1 N–H and O–H groups in total. The van der Waals surface area contributed by atoms with Crippen molar-refractivity contribution in [2.75, 3.05) is 13.2 Å². The highest BCUT2D eigenvalue weighted by molar-refractivity contribution is 5.72. The number of nitrogens with one attached hydrogen (secondary N) is 1. The molecule has 0 aromatic heterocycles. The van der Waals surface area contributed by atoms with E-state index in [0.29, 0.717) is 12.6 Å². The van der Waals surface area contributed by atoms with Crippen LogP contribution in [0.3, 0.4) is 0 Å². The van der Waals surface area contributed by atoms with Crippen molar-refractivity contribution in [2.24, 2.45) is 17.8 Å². The zero-order valence-electron chi connectivity index (χ0n) is 14.5. The Kier molecular flexibility index (Phi) is 8.98. The maximum atomic E-state index is 12.0. The molecule has 1 rings (SSSR count). The topological polar surface area (TPSA) is 38.3 Å². The smallest absolute Gasteiger partial charge is 0.308 e. The minimum atomic E-state index is 0.0508. The molecule has 0 radical (unpaired) electrons. The predicted octanol–water partition coefficient (Wildman–Crippen LogP) is 4.16. The summed E-state index contributed by atoms with van der Waals surface area (Å²) in [5.74, 6) is 1.69. The lowest BCUT2D eigenvalue weighted by Crippen LogP contribution is -2.32. The molecule has 0 aliphatic heterocycles. The van der Waals surface area contributed by atoms with Crippen LogP contribution in [0.25, 0.3) is 0 Å². The Morgan fingerprint density at radius 1 is 1.10 bits per heavy atom. The lowest BCUT2D eigenvalue weighted by atomic mass is 9.82. The molecule has 1 saturated carbocycles. The number of carbonyl (C=O) groups excluding carboxylic acids is 1. The molecule has 0 aromatic rings. The van der Waals surface area contributed by atoms with E-state index in [9.17, 15) is 4.79 Å². The highest BCUT2D eigenvalue weighted by Gasteiger charge is 2.27. The van der Waals surface area contributed by atoms with Crippen LogP contribution in [0, 0.1) is 17.8 Å². The summed E-state index contributed by atoms with van der Waals surface area (Å²) >= 11 is 0. The van der Waals surface area contributed by atoms with E-state index in [0.717, 1.165) is 50.5 Å². The summed E-state index contributed by atoms with van der Waals surface area (Å²) in [7, 11) is 0. The molecule has 1 aliphatic rings. The van der Waals surface area contributed by atoms with Crippen LogP contribution >= 0.6 is 0 Å². The van der Waals surface area contributed by atoms with Gasteiger partial charge in [-0.25, -0.2) is 0 Å². The summed E-state index contributed by atoms with van der Waals surface area (Å²) in [6, 6.07) is 0.554. The number of rotatable bonds is 9. The Labute approximate surface area is 131 Å². The second-order valence-electron chi connectivity index (χ2n) is 7.34. The zero-order valence-corrected chi connectivity index (χ0v) is 14.5. The number of unbranched alkanes of at least 4 members (excludes halogenated alkanes) is 1. The van der Waals surface area contributed by atoms with E-state index in [2.05, 4.69) is 33.0 Å². The molecule has 3 nitrogen and oxygen atoms in total. The Bertz CT molecular complexity index is 281. The van der Waals surface area contributed by atoms with E-state index in [1.54, 1.807) is 0 Å². The van der Waals surface area contributed by atoms with Crippen LogP contribution in [0.5, 0.6) is 0 Å². The summed E-state index contributed by atoms with van der Waals surface area (Å²) < 4.78 is 5.44. The average Bonchev–Trinajstić information content (AvgIpc) is 2.44. The third-order valence-corrected chi connectivity index (χ3v) is 4.41. The van der Waals surface area contributed by atoms with Gasteiger partial charge in [0.25, 0.3) is 0 Å². The highest BCUT2D eigenvalue weighted by atomic mass is 16.5. The second kappa shape index (κ2) is 10.2. The van der Waals surface area contributed by atoms with Crippen LogP contribution in [0.2, 0.25) is 0 Å². The molecule has 0 aromatic carbocycles. The molecule has 1 fully saturated rings. The summed E-state index contributed by atoms with van der Waals surface area (Å²) in [6.45, 7) is 10.5. The van der Waals surface area contributed by atoms with Gasteiger partial charge in [-0.15, -0.1) is 0 Å². The second-order valence-corrected chi connectivity index (χ2v) is 7.34. The summed E-state index contributed by atoms with van der Waals surface area (Å²) in [5, 5.41) is 3.50. The third kappa shape index (κ3) is 8.45. The molecule has 0 bridgehead atoms. The molecule has 1 aliphatic carbocycles. The average molecular weight is 297 g/mol. The van der Waals surface area contributed by atoms with Crippen molar-refractivity contribution in [1.29, 1.82) is 0 Å². The van der Waals surface area contributed by atoms with Crippen molar-refractivity contribution in [2.45, 2.75) is 78.7 Å². The van der Waals surface area contributed by atoms with E-state index < -0.39 is 0 Å². The fraction of sp³-hybridized carbons (Fsp3) is 0.944. The number of esters is 1. The molecule has 124 valence electrons. The number of hydrogen-bond donors (Lipinski definition) is 1. The molecule has 0 saturated heterocycles.